The lowest BCUT2D eigenvalue weighted by atomic mass is 10.2. The van der Waals surface area contributed by atoms with Gasteiger partial charge in [-0.05, 0) is 30.3 Å². The van der Waals surface area contributed by atoms with Crippen LogP contribution in [-0.2, 0) is 23.3 Å². The van der Waals surface area contributed by atoms with Crippen LogP contribution in [0.5, 0.6) is 0 Å². The third kappa shape index (κ3) is 6.43. The van der Waals surface area contributed by atoms with Crippen LogP contribution in [0.2, 0.25) is 0 Å². The summed E-state index contributed by atoms with van der Waals surface area (Å²) in [5.41, 5.74) is 0.922. The Morgan fingerprint density at radius 2 is 1.94 bits per heavy atom. The minimum atomic E-state index is -4.44. The first-order valence-electron chi connectivity index (χ1n) is 10.7. The monoisotopic (exact) mass is 508 g/mol. The van der Waals surface area contributed by atoms with Crippen LogP contribution in [0.4, 0.5) is 34.8 Å². The minimum Gasteiger partial charge on any atom is -0.378 e. The maximum atomic E-state index is 14.2. The summed E-state index contributed by atoms with van der Waals surface area (Å²) in [5, 5.41) is 2.93. The number of nitrogens with one attached hydrogen (secondary N) is 1. The zero-order chi connectivity index (χ0) is 24.8. The van der Waals surface area contributed by atoms with Crippen LogP contribution >= 0.6 is 11.6 Å². The van der Waals surface area contributed by atoms with Crippen LogP contribution in [0.15, 0.2) is 47.6 Å². The van der Waals surface area contributed by atoms with E-state index in [2.05, 4.69) is 25.3 Å². The Hall–Kier alpha value is -3.31. The molecular weight excluding hydrogens is 488 g/mol. The zero-order valence-corrected chi connectivity index (χ0v) is 19.2. The molecule has 1 N–H and O–H groups in total. The number of hydrogen-bond donors (Lipinski definition) is 1. The van der Waals surface area contributed by atoms with Gasteiger partial charge in [-0.15, -0.1) is 11.6 Å². The number of aliphatic imine (C=N–C) groups is 1. The molecule has 0 radical (unpaired) electrons. The largest absolute Gasteiger partial charge is 0.416 e. The zero-order valence-electron chi connectivity index (χ0n) is 18.4. The van der Waals surface area contributed by atoms with Crippen molar-refractivity contribution in [3.8, 4) is 0 Å². The fourth-order valence-electron chi connectivity index (χ4n) is 3.42. The summed E-state index contributed by atoms with van der Waals surface area (Å²) in [6.45, 7) is 2.21. The lowest BCUT2D eigenvalue weighted by molar-refractivity contribution is -0.137. The van der Waals surface area contributed by atoms with Crippen molar-refractivity contribution in [2.75, 3.05) is 36.5 Å². The smallest absolute Gasteiger partial charge is 0.378 e. The van der Waals surface area contributed by atoms with E-state index in [1.165, 1.54) is 18.3 Å². The van der Waals surface area contributed by atoms with Crippen molar-refractivity contribution in [2.45, 2.75) is 18.6 Å². The molecule has 1 saturated heterocycles. The standard InChI is InChI=1S/C23H21ClF4N6O/c24-11-20-19(31-16-3-1-2-15(10-16)23(26,27)28)5-4-17(32-20)12-29-14-21-30-13-18(25)22(33-21)34-6-8-35-9-7-34/h1-5,10,12-13,31H,6-9,11,14H2. The van der Waals surface area contributed by atoms with Gasteiger partial charge in [0.1, 0.15) is 0 Å². The molecule has 3 aromatic rings. The minimum absolute atomic E-state index is 0.0347. The third-order valence-corrected chi connectivity index (χ3v) is 5.39. The number of morpholine rings is 1. The lowest BCUT2D eigenvalue weighted by Gasteiger charge is -2.28. The van der Waals surface area contributed by atoms with Gasteiger partial charge in [0, 0.05) is 25.0 Å². The summed E-state index contributed by atoms with van der Waals surface area (Å²) < 4.78 is 58.4. The fourth-order valence-corrected chi connectivity index (χ4v) is 3.63. The average molecular weight is 509 g/mol. The van der Waals surface area contributed by atoms with Gasteiger partial charge >= 0.3 is 6.18 Å². The molecule has 0 amide bonds. The molecule has 1 aliphatic rings. The summed E-state index contributed by atoms with van der Waals surface area (Å²) >= 11 is 6.01. The molecule has 184 valence electrons. The molecule has 1 fully saturated rings. The first kappa shape index (κ1) is 24.8. The van der Waals surface area contributed by atoms with E-state index in [1.807, 2.05) is 0 Å². The third-order valence-electron chi connectivity index (χ3n) is 5.13. The molecule has 0 saturated carbocycles. The average Bonchev–Trinajstić information content (AvgIpc) is 2.86. The maximum Gasteiger partial charge on any atom is 0.416 e. The second-order valence-electron chi connectivity index (χ2n) is 7.59. The van der Waals surface area contributed by atoms with Crippen molar-refractivity contribution in [3.63, 3.8) is 0 Å². The number of hydrogen-bond acceptors (Lipinski definition) is 7. The van der Waals surface area contributed by atoms with E-state index in [9.17, 15) is 17.6 Å². The molecule has 0 spiro atoms. The number of nitrogens with zero attached hydrogens (tertiary/aromatic N) is 5. The van der Waals surface area contributed by atoms with E-state index in [0.29, 0.717) is 49.2 Å². The van der Waals surface area contributed by atoms with E-state index in [0.717, 1.165) is 18.3 Å². The Labute approximate surface area is 203 Å². The molecule has 0 bridgehead atoms. The molecule has 7 nitrogen and oxygen atoms in total. The van der Waals surface area contributed by atoms with Gasteiger partial charge in [-0.25, -0.2) is 19.3 Å². The van der Waals surface area contributed by atoms with E-state index < -0.39 is 17.6 Å². The Kier molecular flexibility index (Phi) is 7.76. The number of rotatable bonds is 7. The topological polar surface area (TPSA) is 75.5 Å². The number of pyridine rings is 1. The Morgan fingerprint density at radius 1 is 1.14 bits per heavy atom. The predicted octanol–water partition coefficient (Wildman–Crippen LogP) is 4.97. The summed E-state index contributed by atoms with van der Waals surface area (Å²) in [6, 6.07) is 8.18. The summed E-state index contributed by atoms with van der Waals surface area (Å²) in [5.74, 6) is 0.106. The van der Waals surface area contributed by atoms with Crippen LogP contribution in [0, 0.1) is 5.82 Å². The van der Waals surface area contributed by atoms with E-state index >= 15 is 0 Å². The highest BCUT2D eigenvalue weighted by molar-refractivity contribution is 6.17. The molecule has 4 rings (SSSR count). The molecule has 0 aliphatic carbocycles. The maximum absolute atomic E-state index is 14.2. The highest BCUT2D eigenvalue weighted by Crippen LogP contribution is 2.32. The van der Waals surface area contributed by atoms with Gasteiger partial charge in [0.25, 0.3) is 0 Å². The predicted molar refractivity (Wildman–Crippen MR) is 125 cm³/mol. The van der Waals surface area contributed by atoms with Gasteiger partial charge in [-0.2, -0.15) is 13.2 Å². The number of aromatic nitrogens is 3. The number of ether oxygens (including phenoxy) is 1. The van der Waals surface area contributed by atoms with Crippen molar-refractivity contribution in [3.05, 3.63) is 71.2 Å². The molecule has 12 heteroatoms. The highest BCUT2D eigenvalue weighted by Gasteiger charge is 2.30. The lowest BCUT2D eigenvalue weighted by Crippen LogP contribution is -2.37. The van der Waals surface area contributed by atoms with Crippen LogP contribution in [-0.4, -0.2) is 47.5 Å². The van der Waals surface area contributed by atoms with Crippen molar-refractivity contribution in [1.82, 2.24) is 15.0 Å². The summed E-state index contributed by atoms with van der Waals surface area (Å²) in [7, 11) is 0. The fraction of sp³-hybridized carbons (Fsp3) is 0.304. The van der Waals surface area contributed by atoms with Gasteiger partial charge in [0.2, 0.25) is 0 Å². The van der Waals surface area contributed by atoms with Crippen molar-refractivity contribution < 1.29 is 22.3 Å². The molecule has 2 aromatic heterocycles. The molecular formula is C23H21ClF4N6O. The van der Waals surface area contributed by atoms with Crippen molar-refractivity contribution in [1.29, 1.82) is 0 Å². The van der Waals surface area contributed by atoms with Crippen LogP contribution < -0.4 is 10.2 Å². The van der Waals surface area contributed by atoms with Crippen molar-refractivity contribution >= 4 is 35.0 Å². The Morgan fingerprint density at radius 3 is 2.69 bits per heavy atom. The van der Waals surface area contributed by atoms with E-state index in [4.69, 9.17) is 16.3 Å². The van der Waals surface area contributed by atoms with Gasteiger partial charge < -0.3 is 15.0 Å². The first-order valence-corrected chi connectivity index (χ1v) is 11.2. The van der Waals surface area contributed by atoms with E-state index in [1.54, 1.807) is 17.0 Å². The number of alkyl halides is 4. The van der Waals surface area contributed by atoms with Gasteiger partial charge in [0.15, 0.2) is 17.5 Å². The quantitative estimate of drug-likeness (QED) is 0.276. The second-order valence-corrected chi connectivity index (χ2v) is 7.86. The molecule has 1 aliphatic heterocycles. The van der Waals surface area contributed by atoms with Gasteiger partial charge in [-0.3, -0.25) is 4.99 Å². The second kappa shape index (κ2) is 11.0. The normalized spacial score (nSPS) is 14.5. The number of anilines is 3. The number of halogens is 5. The molecule has 3 heterocycles. The first-order chi connectivity index (χ1) is 16.8. The molecule has 35 heavy (non-hydrogen) atoms. The molecule has 0 unspecified atom stereocenters. The Bertz CT molecular complexity index is 1200. The Balaban J connectivity index is 1.45. The van der Waals surface area contributed by atoms with Crippen molar-refractivity contribution in [2.24, 2.45) is 4.99 Å². The van der Waals surface area contributed by atoms with Crippen LogP contribution in [0.1, 0.15) is 22.8 Å². The van der Waals surface area contributed by atoms with Crippen LogP contribution in [0.25, 0.3) is 0 Å². The van der Waals surface area contributed by atoms with Crippen LogP contribution in [0.3, 0.4) is 0 Å². The SMILES string of the molecule is Fc1cnc(CN=Cc2ccc(Nc3cccc(C(F)(F)F)c3)c(CCl)n2)nc1N1CCOCC1. The molecule has 0 atom stereocenters. The van der Waals surface area contributed by atoms with Gasteiger partial charge in [0.05, 0.1) is 54.5 Å². The van der Waals surface area contributed by atoms with Gasteiger partial charge in [-0.1, -0.05) is 6.07 Å². The summed E-state index contributed by atoms with van der Waals surface area (Å²) in [6.07, 6.45) is -1.81. The van der Waals surface area contributed by atoms with E-state index in [-0.39, 0.29) is 23.9 Å². The molecule has 1 aromatic carbocycles. The summed E-state index contributed by atoms with van der Waals surface area (Å²) in [4.78, 5) is 18.8. The number of benzene rings is 1. The highest BCUT2D eigenvalue weighted by atomic mass is 35.5.